The number of carbonyl (C=O) groups excluding carboxylic acids is 1. The molecule has 0 spiro atoms. The number of carbonyl (C=O) groups is 1. The number of ether oxygens (including phenoxy) is 1. The summed E-state index contributed by atoms with van der Waals surface area (Å²) in [7, 11) is 2.17. The van der Waals surface area contributed by atoms with Crippen molar-refractivity contribution in [1.82, 2.24) is 9.88 Å². The fourth-order valence-corrected chi connectivity index (χ4v) is 4.03. The summed E-state index contributed by atoms with van der Waals surface area (Å²) in [5.41, 5.74) is 2.84. The molecule has 0 atom stereocenters. The second-order valence-corrected chi connectivity index (χ2v) is 8.88. The molecule has 0 radical (unpaired) electrons. The van der Waals surface area contributed by atoms with Gasteiger partial charge in [0.05, 0.1) is 5.52 Å². The Bertz CT molecular complexity index is 1070. The molecule has 1 aromatic heterocycles. The van der Waals surface area contributed by atoms with E-state index in [0.717, 1.165) is 65.0 Å². The van der Waals surface area contributed by atoms with Crippen LogP contribution in [-0.2, 0) is 4.79 Å². The summed E-state index contributed by atoms with van der Waals surface area (Å²) >= 11 is 3.38. The maximum Gasteiger partial charge on any atom is 0.262 e. The van der Waals surface area contributed by atoms with Gasteiger partial charge in [0.2, 0.25) is 0 Å². The number of rotatable bonds is 5. The Labute approximate surface area is 191 Å². The van der Waals surface area contributed by atoms with E-state index in [1.807, 2.05) is 42.5 Å². The van der Waals surface area contributed by atoms with Crippen molar-refractivity contribution in [3.05, 3.63) is 58.6 Å². The summed E-state index contributed by atoms with van der Waals surface area (Å²) in [5.74, 6) is 1.49. The third-order valence-electron chi connectivity index (χ3n) is 5.51. The van der Waals surface area contributed by atoms with Crippen LogP contribution in [0.2, 0.25) is 0 Å². The van der Waals surface area contributed by atoms with E-state index in [1.165, 1.54) is 0 Å². The van der Waals surface area contributed by atoms with Crippen LogP contribution in [0.5, 0.6) is 5.75 Å². The summed E-state index contributed by atoms with van der Waals surface area (Å²) in [5, 5.41) is 3.96. The molecule has 2 heterocycles. The molecule has 1 amide bonds. The molecular formula is C24H27BrN4O2. The first kappa shape index (κ1) is 21.6. The van der Waals surface area contributed by atoms with E-state index in [2.05, 4.69) is 51.1 Å². The van der Waals surface area contributed by atoms with Gasteiger partial charge in [-0.15, -0.1) is 0 Å². The number of aromatic nitrogens is 1. The van der Waals surface area contributed by atoms with Crippen molar-refractivity contribution < 1.29 is 9.53 Å². The average molecular weight is 483 g/mol. The van der Waals surface area contributed by atoms with Crippen LogP contribution in [0, 0.1) is 6.92 Å². The maximum atomic E-state index is 12.3. The largest absolute Gasteiger partial charge is 0.484 e. The van der Waals surface area contributed by atoms with E-state index < -0.39 is 0 Å². The number of pyridine rings is 1. The topological polar surface area (TPSA) is 57.7 Å². The molecule has 0 unspecified atom stereocenters. The fourth-order valence-electron chi connectivity index (χ4n) is 3.77. The molecule has 4 rings (SSSR count). The van der Waals surface area contributed by atoms with Gasteiger partial charge in [-0.05, 0) is 81.0 Å². The van der Waals surface area contributed by atoms with Gasteiger partial charge < -0.3 is 19.9 Å². The van der Waals surface area contributed by atoms with Crippen LogP contribution < -0.4 is 15.0 Å². The predicted molar refractivity (Wildman–Crippen MR) is 129 cm³/mol. The highest BCUT2D eigenvalue weighted by Crippen LogP contribution is 2.26. The Morgan fingerprint density at radius 1 is 1.10 bits per heavy atom. The van der Waals surface area contributed by atoms with Gasteiger partial charge in [-0.3, -0.25) is 4.79 Å². The van der Waals surface area contributed by atoms with E-state index in [0.29, 0.717) is 5.75 Å². The lowest BCUT2D eigenvalue weighted by molar-refractivity contribution is -0.118. The Balaban J connectivity index is 1.44. The lowest BCUT2D eigenvalue weighted by atomic mass is 10.1. The fraction of sp³-hybridized carbons (Fsp3) is 0.333. The summed E-state index contributed by atoms with van der Waals surface area (Å²) in [6, 6.07) is 15.4. The van der Waals surface area contributed by atoms with Crippen molar-refractivity contribution in [2.24, 2.45) is 0 Å². The molecule has 162 valence electrons. The molecule has 1 saturated heterocycles. The highest BCUT2D eigenvalue weighted by atomic mass is 79.9. The van der Waals surface area contributed by atoms with Crippen LogP contribution in [0.1, 0.15) is 12.0 Å². The van der Waals surface area contributed by atoms with Gasteiger partial charge in [0.25, 0.3) is 5.91 Å². The third-order valence-corrected chi connectivity index (χ3v) is 6.04. The van der Waals surface area contributed by atoms with Gasteiger partial charge in [0.1, 0.15) is 11.6 Å². The van der Waals surface area contributed by atoms with Crippen LogP contribution in [0.15, 0.2) is 53.0 Å². The minimum atomic E-state index is -0.196. The van der Waals surface area contributed by atoms with Crippen molar-refractivity contribution in [2.45, 2.75) is 13.3 Å². The van der Waals surface area contributed by atoms with E-state index in [4.69, 9.17) is 9.72 Å². The van der Waals surface area contributed by atoms with Gasteiger partial charge in [0, 0.05) is 35.2 Å². The first-order valence-corrected chi connectivity index (χ1v) is 11.3. The van der Waals surface area contributed by atoms with Crippen LogP contribution in [0.25, 0.3) is 10.9 Å². The van der Waals surface area contributed by atoms with Gasteiger partial charge in [-0.1, -0.05) is 15.9 Å². The molecule has 3 aromatic rings. The zero-order valence-electron chi connectivity index (χ0n) is 17.9. The molecule has 7 heteroatoms. The van der Waals surface area contributed by atoms with Crippen molar-refractivity contribution >= 4 is 44.2 Å². The normalized spacial score (nSPS) is 15.0. The number of nitrogens with one attached hydrogen (secondary N) is 1. The Kier molecular flexibility index (Phi) is 6.73. The molecular weight excluding hydrogens is 456 g/mol. The Morgan fingerprint density at radius 2 is 1.90 bits per heavy atom. The number of halogens is 1. The van der Waals surface area contributed by atoms with E-state index in [1.54, 1.807) is 0 Å². The molecule has 0 bridgehead atoms. The number of hydrogen-bond acceptors (Lipinski definition) is 5. The first-order chi connectivity index (χ1) is 15.0. The molecule has 6 nitrogen and oxygen atoms in total. The molecule has 1 aliphatic rings. The zero-order chi connectivity index (χ0) is 21.8. The summed E-state index contributed by atoms with van der Waals surface area (Å²) in [4.78, 5) is 21.9. The molecule has 2 aromatic carbocycles. The number of fused-ring (bicyclic) bond motifs is 1. The number of anilines is 2. The highest BCUT2D eigenvalue weighted by Gasteiger charge is 2.15. The average Bonchev–Trinajstić information content (AvgIpc) is 2.98. The predicted octanol–water partition coefficient (Wildman–Crippen LogP) is 4.47. The standard InChI is InChI=1S/C24H27BrN4O2/c1-17-14-23(29-11-3-10-28(2)12-13-29)27-22-9-6-19(15-21(17)22)26-24(30)16-31-20-7-4-18(25)5-8-20/h4-9,14-15H,3,10-13,16H2,1-2H3,(H,26,30). The maximum absolute atomic E-state index is 12.3. The number of likely N-dealkylation sites (N-methyl/N-ethyl adjacent to an activating group) is 1. The van der Waals surface area contributed by atoms with Crippen molar-refractivity contribution in [2.75, 3.05) is 50.1 Å². The van der Waals surface area contributed by atoms with Gasteiger partial charge in [-0.25, -0.2) is 4.98 Å². The van der Waals surface area contributed by atoms with Gasteiger partial charge in [-0.2, -0.15) is 0 Å². The smallest absolute Gasteiger partial charge is 0.262 e. The van der Waals surface area contributed by atoms with Gasteiger partial charge >= 0.3 is 0 Å². The van der Waals surface area contributed by atoms with Crippen molar-refractivity contribution in [3.8, 4) is 5.75 Å². The summed E-state index contributed by atoms with van der Waals surface area (Å²) in [6.07, 6.45) is 1.14. The Morgan fingerprint density at radius 3 is 2.71 bits per heavy atom. The Hall–Kier alpha value is -2.64. The van der Waals surface area contributed by atoms with E-state index in [9.17, 15) is 4.79 Å². The number of aryl methyl sites for hydroxylation is 1. The molecule has 1 N–H and O–H groups in total. The molecule has 31 heavy (non-hydrogen) atoms. The van der Waals surface area contributed by atoms with E-state index in [-0.39, 0.29) is 12.5 Å². The quantitative estimate of drug-likeness (QED) is 0.581. The number of amides is 1. The monoisotopic (exact) mass is 482 g/mol. The zero-order valence-corrected chi connectivity index (χ0v) is 19.5. The van der Waals surface area contributed by atoms with Crippen molar-refractivity contribution in [3.63, 3.8) is 0 Å². The second kappa shape index (κ2) is 9.66. The van der Waals surface area contributed by atoms with Gasteiger partial charge in [0.15, 0.2) is 6.61 Å². The molecule has 1 fully saturated rings. The third kappa shape index (κ3) is 5.54. The van der Waals surface area contributed by atoms with Crippen LogP contribution in [0.3, 0.4) is 0 Å². The van der Waals surface area contributed by atoms with Crippen LogP contribution >= 0.6 is 15.9 Å². The second-order valence-electron chi connectivity index (χ2n) is 7.96. The molecule has 0 saturated carbocycles. The molecule has 1 aliphatic heterocycles. The SMILES string of the molecule is Cc1cc(N2CCCN(C)CC2)nc2ccc(NC(=O)COc3ccc(Br)cc3)cc12. The number of benzene rings is 2. The molecule has 0 aliphatic carbocycles. The van der Waals surface area contributed by atoms with E-state index >= 15 is 0 Å². The minimum Gasteiger partial charge on any atom is -0.484 e. The minimum absolute atomic E-state index is 0.0424. The van der Waals surface area contributed by atoms with Crippen LogP contribution in [0.4, 0.5) is 11.5 Å². The first-order valence-electron chi connectivity index (χ1n) is 10.5. The lowest BCUT2D eigenvalue weighted by Crippen LogP contribution is -2.29. The highest BCUT2D eigenvalue weighted by molar-refractivity contribution is 9.10. The van der Waals surface area contributed by atoms with Crippen LogP contribution in [-0.4, -0.2) is 55.6 Å². The lowest BCUT2D eigenvalue weighted by Gasteiger charge is -2.22. The van der Waals surface area contributed by atoms with Crippen molar-refractivity contribution in [1.29, 1.82) is 0 Å². The summed E-state index contributed by atoms with van der Waals surface area (Å²) < 4.78 is 6.52. The number of nitrogens with zero attached hydrogens (tertiary/aromatic N) is 3. The number of hydrogen-bond donors (Lipinski definition) is 1. The summed E-state index contributed by atoms with van der Waals surface area (Å²) in [6.45, 7) is 6.23.